The van der Waals surface area contributed by atoms with Gasteiger partial charge in [-0.2, -0.15) is 0 Å². The third-order valence-corrected chi connectivity index (χ3v) is 5.16. The average Bonchev–Trinajstić information content (AvgIpc) is 3.30. The van der Waals surface area contributed by atoms with Gasteiger partial charge in [-0.3, -0.25) is 4.99 Å². The molecule has 7 heteroatoms. The number of para-hydroxylation sites is 1. The van der Waals surface area contributed by atoms with Gasteiger partial charge >= 0.3 is 0 Å². The number of aromatic nitrogens is 2. The number of anilines is 1. The summed E-state index contributed by atoms with van der Waals surface area (Å²) in [5.74, 6) is 0.575. The van der Waals surface area contributed by atoms with Crippen LogP contribution in [-0.2, 0) is 6.54 Å². The highest BCUT2D eigenvalue weighted by atomic mass is 19.1. The first-order valence-electron chi connectivity index (χ1n) is 9.77. The molecule has 0 spiro atoms. The number of hydrogen-bond donors (Lipinski definition) is 1. The molecule has 1 N–H and O–H groups in total. The summed E-state index contributed by atoms with van der Waals surface area (Å²) >= 11 is 0. The van der Waals surface area contributed by atoms with Crippen LogP contribution in [-0.4, -0.2) is 53.6 Å². The van der Waals surface area contributed by atoms with Gasteiger partial charge in [0.15, 0.2) is 5.96 Å². The van der Waals surface area contributed by atoms with Crippen molar-refractivity contribution >= 4 is 11.6 Å². The van der Waals surface area contributed by atoms with Crippen molar-refractivity contribution in [3.63, 3.8) is 0 Å². The Bertz CT molecular complexity index is 947. The number of aliphatic imine (C=N–C) groups is 1. The van der Waals surface area contributed by atoms with Gasteiger partial charge in [0.05, 0.1) is 12.0 Å². The first kappa shape index (κ1) is 19.0. The first-order valence-corrected chi connectivity index (χ1v) is 9.77. The smallest absolute Gasteiger partial charge is 0.194 e. The standard InChI is InChI=1S/C22H25FN6/c1-24-22(28-13-11-27(12-14-28)19-5-3-2-4-6-19)26-16-18-7-8-21(20(23)15-18)29-10-9-25-17-29/h2-10,15,17H,11-14,16H2,1H3,(H,24,26). The molecule has 150 valence electrons. The van der Waals surface area contributed by atoms with Gasteiger partial charge in [0, 0.05) is 57.9 Å². The zero-order chi connectivity index (χ0) is 20.1. The van der Waals surface area contributed by atoms with Crippen LogP contribution >= 0.6 is 0 Å². The normalized spacial score (nSPS) is 14.9. The number of halogens is 1. The van der Waals surface area contributed by atoms with Crippen LogP contribution in [0.25, 0.3) is 5.69 Å². The molecule has 0 atom stereocenters. The van der Waals surface area contributed by atoms with Gasteiger partial charge in [-0.25, -0.2) is 9.37 Å². The molecule has 2 aromatic carbocycles. The fraction of sp³-hybridized carbons (Fsp3) is 0.273. The second-order valence-electron chi connectivity index (χ2n) is 6.97. The number of rotatable bonds is 4. The summed E-state index contributed by atoms with van der Waals surface area (Å²) in [4.78, 5) is 13.0. The van der Waals surface area contributed by atoms with Crippen LogP contribution in [0.4, 0.5) is 10.1 Å². The van der Waals surface area contributed by atoms with Crippen LogP contribution in [0.2, 0.25) is 0 Å². The van der Waals surface area contributed by atoms with Gasteiger partial charge in [-0.1, -0.05) is 24.3 Å². The summed E-state index contributed by atoms with van der Waals surface area (Å²) in [7, 11) is 1.79. The van der Waals surface area contributed by atoms with Crippen molar-refractivity contribution in [3.8, 4) is 5.69 Å². The molecule has 0 bridgehead atoms. The Morgan fingerprint density at radius 3 is 2.55 bits per heavy atom. The molecule has 1 aliphatic heterocycles. The van der Waals surface area contributed by atoms with Crippen LogP contribution in [0.5, 0.6) is 0 Å². The predicted octanol–water partition coefficient (Wildman–Crippen LogP) is 2.91. The third-order valence-electron chi connectivity index (χ3n) is 5.16. The average molecular weight is 392 g/mol. The Morgan fingerprint density at radius 2 is 1.90 bits per heavy atom. The molecule has 2 heterocycles. The molecule has 0 radical (unpaired) electrons. The van der Waals surface area contributed by atoms with Crippen molar-refractivity contribution in [2.24, 2.45) is 4.99 Å². The minimum absolute atomic E-state index is 0.270. The van der Waals surface area contributed by atoms with Crippen molar-refractivity contribution < 1.29 is 4.39 Å². The maximum atomic E-state index is 14.5. The van der Waals surface area contributed by atoms with Gasteiger partial charge in [-0.05, 0) is 29.8 Å². The summed E-state index contributed by atoms with van der Waals surface area (Å²) in [6.07, 6.45) is 4.96. The molecule has 1 aliphatic rings. The number of nitrogens with zero attached hydrogens (tertiary/aromatic N) is 5. The quantitative estimate of drug-likeness (QED) is 0.548. The summed E-state index contributed by atoms with van der Waals surface area (Å²) in [5, 5.41) is 3.36. The van der Waals surface area contributed by atoms with Crippen LogP contribution in [0.3, 0.4) is 0 Å². The molecule has 0 unspecified atom stereocenters. The molecule has 0 aliphatic carbocycles. The van der Waals surface area contributed by atoms with Crippen LogP contribution in [0, 0.1) is 5.82 Å². The monoisotopic (exact) mass is 392 g/mol. The molecule has 4 rings (SSSR count). The van der Waals surface area contributed by atoms with E-state index in [9.17, 15) is 4.39 Å². The first-order chi connectivity index (χ1) is 14.2. The zero-order valence-corrected chi connectivity index (χ0v) is 16.5. The van der Waals surface area contributed by atoms with Gasteiger partial charge in [0.2, 0.25) is 0 Å². The highest BCUT2D eigenvalue weighted by Gasteiger charge is 2.19. The minimum atomic E-state index is -0.270. The van der Waals surface area contributed by atoms with Crippen LogP contribution in [0.15, 0.2) is 72.2 Å². The van der Waals surface area contributed by atoms with Crippen LogP contribution in [0.1, 0.15) is 5.56 Å². The van der Waals surface area contributed by atoms with E-state index in [1.54, 1.807) is 42.5 Å². The summed E-state index contributed by atoms with van der Waals surface area (Å²) < 4.78 is 16.1. The van der Waals surface area contributed by atoms with E-state index in [1.807, 2.05) is 12.1 Å². The van der Waals surface area contributed by atoms with E-state index in [1.165, 1.54) is 5.69 Å². The fourth-order valence-corrected chi connectivity index (χ4v) is 3.60. The molecule has 1 saturated heterocycles. The lowest BCUT2D eigenvalue weighted by Gasteiger charge is -2.37. The van der Waals surface area contributed by atoms with E-state index in [-0.39, 0.29) is 5.82 Å². The van der Waals surface area contributed by atoms with Crippen LogP contribution < -0.4 is 10.2 Å². The third kappa shape index (κ3) is 4.39. The molecule has 1 aromatic heterocycles. The zero-order valence-electron chi connectivity index (χ0n) is 16.5. The van der Waals surface area contributed by atoms with E-state index in [2.05, 4.69) is 49.4 Å². The number of imidazole rings is 1. The van der Waals surface area contributed by atoms with Crippen molar-refractivity contribution in [2.45, 2.75) is 6.54 Å². The predicted molar refractivity (Wildman–Crippen MR) is 114 cm³/mol. The minimum Gasteiger partial charge on any atom is -0.368 e. The number of benzene rings is 2. The van der Waals surface area contributed by atoms with E-state index < -0.39 is 0 Å². The highest BCUT2D eigenvalue weighted by molar-refractivity contribution is 5.80. The number of hydrogen-bond acceptors (Lipinski definition) is 3. The van der Waals surface area contributed by atoms with Crippen molar-refractivity contribution in [1.29, 1.82) is 0 Å². The fourth-order valence-electron chi connectivity index (χ4n) is 3.60. The molecular weight excluding hydrogens is 367 g/mol. The van der Waals surface area contributed by atoms with E-state index in [0.29, 0.717) is 12.2 Å². The summed E-state index contributed by atoms with van der Waals surface area (Å²) in [6, 6.07) is 15.7. The van der Waals surface area contributed by atoms with E-state index >= 15 is 0 Å². The molecule has 0 saturated carbocycles. The second kappa shape index (κ2) is 8.77. The largest absolute Gasteiger partial charge is 0.368 e. The highest BCUT2D eigenvalue weighted by Crippen LogP contribution is 2.17. The number of nitrogens with one attached hydrogen (secondary N) is 1. The summed E-state index contributed by atoms with van der Waals surface area (Å²) in [5.41, 5.74) is 2.62. The SMILES string of the molecule is CN=C(NCc1ccc(-n2ccnc2)c(F)c1)N1CCN(c2ccccc2)CC1. The summed E-state index contributed by atoms with van der Waals surface area (Å²) in [6.45, 7) is 4.19. The van der Waals surface area contributed by atoms with Crippen molar-refractivity contribution in [1.82, 2.24) is 19.8 Å². The molecule has 29 heavy (non-hydrogen) atoms. The molecule has 1 fully saturated rings. The topological polar surface area (TPSA) is 48.7 Å². The number of guanidine groups is 1. The van der Waals surface area contributed by atoms with Gasteiger partial charge < -0.3 is 19.7 Å². The Kier molecular flexibility index (Phi) is 5.74. The Morgan fingerprint density at radius 1 is 1.10 bits per heavy atom. The second-order valence-corrected chi connectivity index (χ2v) is 6.97. The molecule has 6 nitrogen and oxygen atoms in total. The lowest BCUT2D eigenvalue weighted by atomic mass is 10.2. The van der Waals surface area contributed by atoms with Crippen molar-refractivity contribution in [3.05, 3.63) is 78.6 Å². The Hall–Kier alpha value is -3.35. The Labute approximate surface area is 170 Å². The van der Waals surface area contributed by atoms with E-state index in [4.69, 9.17) is 0 Å². The molecular formula is C22H25FN6. The van der Waals surface area contributed by atoms with Gasteiger partial charge in [0.1, 0.15) is 5.82 Å². The van der Waals surface area contributed by atoms with Gasteiger partial charge in [0.25, 0.3) is 0 Å². The molecule has 0 amide bonds. The maximum Gasteiger partial charge on any atom is 0.194 e. The van der Waals surface area contributed by atoms with Gasteiger partial charge in [-0.15, -0.1) is 0 Å². The van der Waals surface area contributed by atoms with Crippen molar-refractivity contribution in [2.75, 3.05) is 38.1 Å². The Balaban J connectivity index is 1.34. The number of piperazine rings is 1. The molecule has 3 aromatic rings. The lowest BCUT2D eigenvalue weighted by molar-refractivity contribution is 0.372. The lowest BCUT2D eigenvalue weighted by Crippen LogP contribution is -2.52. The maximum absolute atomic E-state index is 14.5. The van der Waals surface area contributed by atoms with E-state index in [0.717, 1.165) is 37.7 Å².